The molecule has 0 atom stereocenters. The molecule has 1 aliphatic heterocycles. The minimum absolute atomic E-state index is 0.159. The second-order valence-corrected chi connectivity index (χ2v) is 5.65. The van der Waals surface area contributed by atoms with Crippen LogP contribution in [-0.2, 0) is 4.79 Å². The van der Waals surface area contributed by atoms with Gasteiger partial charge in [-0.3, -0.25) is 4.79 Å². The number of benzene rings is 1. The Morgan fingerprint density at radius 2 is 2.00 bits per heavy atom. The van der Waals surface area contributed by atoms with E-state index in [0.717, 1.165) is 43.7 Å². The van der Waals surface area contributed by atoms with E-state index in [-0.39, 0.29) is 5.91 Å². The molecule has 1 amide bonds. The van der Waals surface area contributed by atoms with E-state index in [1.807, 2.05) is 17.9 Å². The predicted molar refractivity (Wildman–Crippen MR) is 86.2 cm³/mol. The number of amides is 1. The van der Waals surface area contributed by atoms with Crippen molar-refractivity contribution < 1.29 is 4.79 Å². The van der Waals surface area contributed by atoms with E-state index in [4.69, 9.17) is 18.0 Å². The number of carbonyl (C=O) groups is 1. The van der Waals surface area contributed by atoms with Crippen LogP contribution < -0.4 is 10.6 Å². The van der Waals surface area contributed by atoms with Gasteiger partial charge in [0.25, 0.3) is 0 Å². The van der Waals surface area contributed by atoms with Gasteiger partial charge in [0.2, 0.25) is 5.91 Å². The minimum Gasteiger partial charge on any atom is -0.389 e. The fraction of sp³-hybridized carbons (Fsp3) is 0.467. The fourth-order valence-corrected chi connectivity index (χ4v) is 2.84. The normalized spacial score (nSPS) is 15.9. The first-order valence-corrected chi connectivity index (χ1v) is 7.31. The van der Waals surface area contributed by atoms with E-state index in [2.05, 4.69) is 17.0 Å². The lowest BCUT2D eigenvalue weighted by Gasteiger charge is -2.24. The number of nitrogens with zero attached hydrogens (tertiary/aromatic N) is 2. The maximum atomic E-state index is 11.4. The van der Waals surface area contributed by atoms with Crippen LogP contribution in [0.2, 0.25) is 0 Å². The van der Waals surface area contributed by atoms with E-state index in [1.165, 1.54) is 5.69 Å². The van der Waals surface area contributed by atoms with Crippen molar-refractivity contribution in [3.05, 3.63) is 29.3 Å². The Morgan fingerprint density at radius 1 is 1.25 bits per heavy atom. The number of thiocarbonyl (C=S) groups is 1. The van der Waals surface area contributed by atoms with Gasteiger partial charge in [-0.2, -0.15) is 0 Å². The van der Waals surface area contributed by atoms with E-state index in [0.29, 0.717) is 4.99 Å². The molecule has 0 unspecified atom stereocenters. The summed E-state index contributed by atoms with van der Waals surface area (Å²) in [7, 11) is 0. The van der Waals surface area contributed by atoms with Crippen LogP contribution >= 0.6 is 12.2 Å². The van der Waals surface area contributed by atoms with Gasteiger partial charge in [0.1, 0.15) is 4.99 Å². The summed E-state index contributed by atoms with van der Waals surface area (Å²) in [5.74, 6) is 0.159. The van der Waals surface area contributed by atoms with E-state index >= 15 is 0 Å². The minimum atomic E-state index is 0.159. The lowest BCUT2D eigenvalue weighted by molar-refractivity contribution is -0.128. The molecule has 0 bridgehead atoms. The third-order valence-electron chi connectivity index (χ3n) is 3.78. The Bertz CT molecular complexity index is 530. The standard InChI is InChI=1S/C15H21N3OS/c1-11-10-13(4-5-14(11)15(16)20)18-7-3-6-17(8-9-18)12(2)19/h4-5,10H,3,6-9H2,1-2H3,(H2,16,20). The first-order chi connectivity index (χ1) is 9.49. The van der Waals surface area contributed by atoms with E-state index in [1.54, 1.807) is 6.92 Å². The highest BCUT2D eigenvalue weighted by atomic mass is 32.1. The van der Waals surface area contributed by atoms with Gasteiger partial charge >= 0.3 is 0 Å². The third-order valence-corrected chi connectivity index (χ3v) is 4.00. The number of rotatable bonds is 2. The molecule has 5 heteroatoms. The highest BCUT2D eigenvalue weighted by Crippen LogP contribution is 2.21. The molecule has 1 heterocycles. The number of nitrogens with two attached hydrogens (primary N) is 1. The molecule has 1 fully saturated rings. The molecule has 1 aromatic rings. The Labute approximate surface area is 125 Å². The molecule has 4 nitrogen and oxygen atoms in total. The van der Waals surface area contributed by atoms with Gasteiger partial charge in [-0.1, -0.05) is 12.2 Å². The Balaban J connectivity index is 2.14. The van der Waals surface area contributed by atoms with Gasteiger partial charge in [-0.15, -0.1) is 0 Å². The van der Waals surface area contributed by atoms with Gasteiger partial charge in [0, 0.05) is 44.4 Å². The summed E-state index contributed by atoms with van der Waals surface area (Å²) in [6, 6.07) is 6.17. The van der Waals surface area contributed by atoms with Crippen molar-refractivity contribution in [2.45, 2.75) is 20.3 Å². The third kappa shape index (κ3) is 3.28. The van der Waals surface area contributed by atoms with Gasteiger partial charge in [0.15, 0.2) is 0 Å². The van der Waals surface area contributed by atoms with E-state index < -0.39 is 0 Å². The lowest BCUT2D eigenvalue weighted by Crippen LogP contribution is -2.33. The first kappa shape index (κ1) is 14.8. The summed E-state index contributed by atoms with van der Waals surface area (Å²) in [4.78, 5) is 16.1. The molecule has 20 heavy (non-hydrogen) atoms. The first-order valence-electron chi connectivity index (χ1n) is 6.90. The topological polar surface area (TPSA) is 49.6 Å². The molecule has 2 N–H and O–H groups in total. The number of hydrogen-bond acceptors (Lipinski definition) is 3. The summed E-state index contributed by atoms with van der Waals surface area (Å²) < 4.78 is 0. The van der Waals surface area contributed by atoms with E-state index in [9.17, 15) is 4.79 Å². The molecular formula is C15H21N3OS. The largest absolute Gasteiger partial charge is 0.389 e. The van der Waals surface area contributed by atoms with Crippen molar-refractivity contribution in [1.29, 1.82) is 0 Å². The van der Waals surface area contributed by atoms with Crippen LogP contribution in [-0.4, -0.2) is 42.0 Å². The second kappa shape index (κ2) is 6.22. The fourth-order valence-electron chi connectivity index (χ4n) is 2.61. The number of aryl methyl sites for hydroxylation is 1. The summed E-state index contributed by atoms with van der Waals surface area (Å²) in [5.41, 5.74) is 8.90. The van der Waals surface area contributed by atoms with Gasteiger partial charge in [0.05, 0.1) is 0 Å². The van der Waals surface area contributed by atoms with Crippen LogP contribution in [0, 0.1) is 6.92 Å². The smallest absolute Gasteiger partial charge is 0.219 e. The van der Waals surface area contributed by atoms with Crippen molar-refractivity contribution in [2.24, 2.45) is 5.73 Å². The average Bonchev–Trinajstić information content (AvgIpc) is 2.63. The molecule has 0 aliphatic carbocycles. The van der Waals surface area contributed by atoms with Crippen LogP contribution in [0.25, 0.3) is 0 Å². The zero-order valence-electron chi connectivity index (χ0n) is 12.1. The molecule has 0 saturated carbocycles. The molecule has 108 valence electrons. The molecule has 1 aromatic carbocycles. The highest BCUT2D eigenvalue weighted by Gasteiger charge is 2.17. The van der Waals surface area contributed by atoms with Gasteiger partial charge < -0.3 is 15.5 Å². The van der Waals surface area contributed by atoms with Crippen molar-refractivity contribution >= 4 is 28.8 Å². The van der Waals surface area contributed by atoms with Crippen molar-refractivity contribution in [2.75, 3.05) is 31.1 Å². The Kier molecular flexibility index (Phi) is 4.60. The highest BCUT2D eigenvalue weighted by molar-refractivity contribution is 7.80. The molecule has 0 spiro atoms. The average molecular weight is 291 g/mol. The SMILES string of the molecule is CC(=O)N1CCCN(c2ccc(C(N)=S)c(C)c2)CC1. The van der Waals surface area contributed by atoms with Crippen molar-refractivity contribution in [3.8, 4) is 0 Å². The number of hydrogen-bond donors (Lipinski definition) is 1. The summed E-state index contributed by atoms with van der Waals surface area (Å²) in [6.45, 7) is 7.12. The number of carbonyl (C=O) groups excluding carboxylic acids is 1. The second-order valence-electron chi connectivity index (χ2n) is 5.21. The summed E-state index contributed by atoms with van der Waals surface area (Å²) in [6.07, 6.45) is 0.996. The molecule has 0 radical (unpaired) electrons. The summed E-state index contributed by atoms with van der Waals surface area (Å²) in [5, 5.41) is 0. The monoisotopic (exact) mass is 291 g/mol. The maximum Gasteiger partial charge on any atom is 0.219 e. The van der Waals surface area contributed by atoms with Crippen LogP contribution in [0.5, 0.6) is 0 Å². The van der Waals surface area contributed by atoms with Crippen LogP contribution in [0.3, 0.4) is 0 Å². The molecule has 1 aliphatic rings. The molecule has 0 aromatic heterocycles. The van der Waals surface area contributed by atoms with Crippen LogP contribution in [0.15, 0.2) is 18.2 Å². The van der Waals surface area contributed by atoms with Crippen LogP contribution in [0.1, 0.15) is 24.5 Å². The van der Waals surface area contributed by atoms with Gasteiger partial charge in [-0.05, 0) is 37.1 Å². The Hall–Kier alpha value is -1.62. The maximum absolute atomic E-state index is 11.4. The zero-order chi connectivity index (χ0) is 14.7. The quantitative estimate of drug-likeness (QED) is 0.843. The molecular weight excluding hydrogens is 270 g/mol. The number of anilines is 1. The molecule has 1 saturated heterocycles. The Morgan fingerprint density at radius 3 is 2.60 bits per heavy atom. The van der Waals surface area contributed by atoms with Crippen molar-refractivity contribution in [3.63, 3.8) is 0 Å². The zero-order valence-corrected chi connectivity index (χ0v) is 12.9. The summed E-state index contributed by atoms with van der Waals surface area (Å²) >= 11 is 5.04. The molecule has 2 rings (SSSR count). The predicted octanol–water partition coefficient (Wildman–Crippen LogP) is 1.69. The lowest BCUT2D eigenvalue weighted by atomic mass is 10.1. The van der Waals surface area contributed by atoms with Crippen molar-refractivity contribution in [1.82, 2.24) is 4.90 Å². The van der Waals surface area contributed by atoms with Crippen LogP contribution in [0.4, 0.5) is 5.69 Å². The van der Waals surface area contributed by atoms with Gasteiger partial charge in [-0.25, -0.2) is 0 Å².